The van der Waals surface area contributed by atoms with Gasteiger partial charge < -0.3 is 20.0 Å². The number of carbonyl (C=O) groups is 3. The SMILES string of the molecule is CN(CC(O)c1ccccc1)C(=O)c1ccc2c(c1)CN(C)C(=O)C(CC(=O)O)C2. The summed E-state index contributed by atoms with van der Waals surface area (Å²) in [5.41, 5.74) is 2.92. The third kappa shape index (κ3) is 4.86. The van der Waals surface area contributed by atoms with E-state index in [0.29, 0.717) is 18.5 Å². The highest BCUT2D eigenvalue weighted by atomic mass is 16.4. The molecule has 1 aliphatic heterocycles. The van der Waals surface area contributed by atoms with E-state index in [0.717, 1.165) is 16.7 Å². The Morgan fingerprint density at radius 3 is 2.53 bits per heavy atom. The van der Waals surface area contributed by atoms with Crippen LogP contribution in [-0.4, -0.2) is 58.4 Å². The van der Waals surface area contributed by atoms with E-state index in [1.165, 1.54) is 9.80 Å². The molecule has 0 fully saturated rings. The molecule has 2 amide bonds. The van der Waals surface area contributed by atoms with Crippen molar-refractivity contribution in [3.8, 4) is 0 Å². The second-order valence-electron chi connectivity index (χ2n) is 7.79. The van der Waals surface area contributed by atoms with E-state index in [-0.39, 0.29) is 24.8 Å². The van der Waals surface area contributed by atoms with Crippen molar-refractivity contribution in [1.29, 1.82) is 0 Å². The number of rotatable bonds is 6. The van der Waals surface area contributed by atoms with Crippen molar-refractivity contribution >= 4 is 17.8 Å². The quantitative estimate of drug-likeness (QED) is 0.760. The van der Waals surface area contributed by atoms with Crippen molar-refractivity contribution in [3.05, 3.63) is 70.8 Å². The Morgan fingerprint density at radius 2 is 1.87 bits per heavy atom. The van der Waals surface area contributed by atoms with E-state index in [1.54, 1.807) is 32.3 Å². The summed E-state index contributed by atoms with van der Waals surface area (Å²) in [6, 6.07) is 14.4. The highest BCUT2D eigenvalue weighted by Gasteiger charge is 2.30. The fourth-order valence-electron chi connectivity index (χ4n) is 3.82. The molecule has 3 rings (SSSR count). The minimum Gasteiger partial charge on any atom is -0.481 e. The van der Waals surface area contributed by atoms with Crippen LogP contribution in [0.2, 0.25) is 0 Å². The molecule has 0 spiro atoms. The number of aliphatic hydroxyl groups excluding tert-OH is 1. The maximum absolute atomic E-state index is 12.9. The first-order valence-corrected chi connectivity index (χ1v) is 9.83. The molecule has 7 nitrogen and oxygen atoms in total. The fraction of sp³-hybridized carbons (Fsp3) is 0.348. The van der Waals surface area contributed by atoms with E-state index in [2.05, 4.69) is 0 Å². The largest absolute Gasteiger partial charge is 0.481 e. The van der Waals surface area contributed by atoms with Crippen LogP contribution in [0.3, 0.4) is 0 Å². The van der Waals surface area contributed by atoms with Crippen LogP contribution in [0.15, 0.2) is 48.5 Å². The Labute approximate surface area is 175 Å². The molecular weight excluding hydrogens is 384 g/mol. The highest BCUT2D eigenvalue weighted by Crippen LogP contribution is 2.26. The second-order valence-corrected chi connectivity index (χ2v) is 7.79. The van der Waals surface area contributed by atoms with Crippen LogP contribution < -0.4 is 0 Å². The van der Waals surface area contributed by atoms with E-state index in [1.807, 2.05) is 30.3 Å². The van der Waals surface area contributed by atoms with Crippen LogP contribution in [0.5, 0.6) is 0 Å². The Morgan fingerprint density at radius 1 is 1.17 bits per heavy atom. The zero-order valence-corrected chi connectivity index (χ0v) is 17.1. The molecule has 1 heterocycles. The van der Waals surface area contributed by atoms with Crippen LogP contribution >= 0.6 is 0 Å². The summed E-state index contributed by atoms with van der Waals surface area (Å²) in [6.45, 7) is 0.473. The smallest absolute Gasteiger partial charge is 0.304 e. The molecule has 0 aromatic heterocycles. The van der Waals surface area contributed by atoms with Gasteiger partial charge in [-0.3, -0.25) is 14.4 Å². The number of carboxylic acids is 1. The Hall–Kier alpha value is -3.19. The minimum atomic E-state index is -1.00. The maximum Gasteiger partial charge on any atom is 0.304 e. The summed E-state index contributed by atoms with van der Waals surface area (Å²) < 4.78 is 0. The fourth-order valence-corrected chi connectivity index (χ4v) is 3.82. The summed E-state index contributed by atoms with van der Waals surface area (Å²) in [5.74, 6) is -2.05. The second kappa shape index (κ2) is 9.09. The van der Waals surface area contributed by atoms with Gasteiger partial charge in [0.25, 0.3) is 5.91 Å². The average molecular weight is 410 g/mol. The summed E-state index contributed by atoms with van der Waals surface area (Å²) in [7, 11) is 3.28. The first kappa shape index (κ1) is 21.5. The molecule has 0 saturated carbocycles. The number of carboxylic acid groups (broad SMARTS) is 1. The normalized spacial score (nSPS) is 17.1. The van der Waals surface area contributed by atoms with Crippen LogP contribution in [0.4, 0.5) is 0 Å². The van der Waals surface area contributed by atoms with Crippen molar-refractivity contribution in [1.82, 2.24) is 9.80 Å². The molecule has 2 atom stereocenters. The minimum absolute atomic E-state index is 0.152. The molecule has 2 aromatic rings. The molecule has 2 N–H and O–H groups in total. The lowest BCUT2D eigenvalue weighted by molar-refractivity contribution is -0.143. The third-order valence-corrected chi connectivity index (χ3v) is 5.45. The monoisotopic (exact) mass is 410 g/mol. The first-order chi connectivity index (χ1) is 14.3. The lowest BCUT2D eigenvalue weighted by atomic mass is 9.93. The van der Waals surface area contributed by atoms with E-state index < -0.39 is 18.0 Å². The van der Waals surface area contributed by atoms with Gasteiger partial charge in [0.1, 0.15) is 0 Å². The van der Waals surface area contributed by atoms with Gasteiger partial charge in [-0.15, -0.1) is 0 Å². The number of fused-ring (bicyclic) bond motifs is 1. The third-order valence-electron chi connectivity index (χ3n) is 5.45. The lowest BCUT2D eigenvalue weighted by Gasteiger charge is -2.22. The maximum atomic E-state index is 12.9. The Balaban J connectivity index is 1.77. The van der Waals surface area contributed by atoms with Crippen molar-refractivity contribution in [3.63, 3.8) is 0 Å². The molecule has 0 radical (unpaired) electrons. The van der Waals surface area contributed by atoms with Gasteiger partial charge >= 0.3 is 5.97 Å². The van der Waals surface area contributed by atoms with Gasteiger partial charge in [-0.2, -0.15) is 0 Å². The average Bonchev–Trinajstić information content (AvgIpc) is 2.83. The number of amides is 2. The Bertz CT molecular complexity index is 944. The predicted octanol–water partition coefficient (Wildman–Crippen LogP) is 2.10. The number of likely N-dealkylation sites (N-methyl/N-ethyl adjacent to an activating group) is 1. The van der Waals surface area contributed by atoms with Crippen molar-refractivity contribution in [2.45, 2.75) is 25.5 Å². The van der Waals surface area contributed by atoms with Gasteiger partial charge in [0.15, 0.2) is 0 Å². The highest BCUT2D eigenvalue weighted by molar-refractivity contribution is 5.94. The molecule has 0 saturated heterocycles. The van der Waals surface area contributed by atoms with Gasteiger partial charge in [0, 0.05) is 26.2 Å². The van der Waals surface area contributed by atoms with Gasteiger partial charge in [-0.1, -0.05) is 36.4 Å². The van der Waals surface area contributed by atoms with E-state index in [9.17, 15) is 19.5 Å². The van der Waals surface area contributed by atoms with Gasteiger partial charge in [-0.05, 0) is 35.2 Å². The summed E-state index contributed by atoms with van der Waals surface area (Å²) in [4.78, 5) is 39.5. The molecular formula is C23H26N2O5. The molecule has 1 aliphatic rings. The first-order valence-electron chi connectivity index (χ1n) is 9.83. The summed E-state index contributed by atoms with van der Waals surface area (Å²) in [5, 5.41) is 19.5. The van der Waals surface area contributed by atoms with Crippen molar-refractivity contribution in [2.24, 2.45) is 5.92 Å². The van der Waals surface area contributed by atoms with Crippen molar-refractivity contribution < 1.29 is 24.6 Å². The summed E-state index contributed by atoms with van der Waals surface area (Å²) >= 11 is 0. The Kier molecular flexibility index (Phi) is 6.52. The van der Waals surface area contributed by atoms with Crippen LogP contribution in [-0.2, 0) is 22.6 Å². The molecule has 0 aliphatic carbocycles. The number of carbonyl (C=O) groups excluding carboxylic acids is 2. The molecule has 7 heteroatoms. The van der Waals surface area contributed by atoms with Crippen LogP contribution in [0.25, 0.3) is 0 Å². The lowest BCUT2D eigenvalue weighted by Crippen LogP contribution is -2.32. The van der Waals surface area contributed by atoms with Crippen molar-refractivity contribution in [2.75, 3.05) is 20.6 Å². The molecule has 2 unspecified atom stereocenters. The van der Waals surface area contributed by atoms with Crippen LogP contribution in [0, 0.1) is 5.92 Å². The zero-order valence-electron chi connectivity index (χ0n) is 17.1. The predicted molar refractivity (Wildman–Crippen MR) is 111 cm³/mol. The number of hydrogen-bond donors (Lipinski definition) is 2. The number of aliphatic carboxylic acids is 1. The van der Waals surface area contributed by atoms with Gasteiger partial charge in [0.05, 0.1) is 25.0 Å². The number of benzene rings is 2. The zero-order chi connectivity index (χ0) is 21.8. The summed E-state index contributed by atoms with van der Waals surface area (Å²) in [6.07, 6.45) is -0.674. The topological polar surface area (TPSA) is 98.2 Å². The number of hydrogen-bond acceptors (Lipinski definition) is 4. The van der Waals surface area contributed by atoms with Crippen LogP contribution in [0.1, 0.15) is 39.6 Å². The number of aliphatic hydroxyl groups is 1. The molecule has 2 aromatic carbocycles. The van der Waals surface area contributed by atoms with Gasteiger partial charge in [0.2, 0.25) is 5.91 Å². The van der Waals surface area contributed by atoms with E-state index in [4.69, 9.17) is 5.11 Å². The molecule has 30 heavy (non-hydrogen) atoms. The van der Waals surface area contributed by atoms with Gasteiger partial charge in [-0.25, -0.2) is 0 Å². The molecule has 158 valence electrons. The van der Waals surface area contributed by atoms with E-state index >= 15 is 0 Å². The standard InChI is InChI=1S/C23H26N2O5/c1-24-13-19-11-17(9-8-16(19)10-18(23(24)30)12-21(27)28)22(29)25(2)14-20(26)15-6-4-3-5-7-15/h3-9,11,18,20,26H,10,12-14H2,1-2H3,(H,27,28). The number of nitrogens with zero attached hydrogens (tertiary/aromatic N) is 2. The molecule has 0 bridgehead atoms.